The largest absolute Gasteiger partial charge is 0.388 e. The van der Waals surface area contributed by atoms with Crippen LogP contribution in [-0.4, -0.2) is 135 Å². The lowest BCUT2D eigenvalue weighted by atomic mass is 9.81. The molecule has 0 unspecified atom stereocenters. The molecule has 3 aromatic rings. The number of benzene rings is 2. The average Bonchev–Trinajstić information content (AvgIpc) is 3.29. The van der Waals surface area contributed by atoms with Gasteiger partial charge in [-0.1, -0.05) is 76.1 Å². The van der Waals surface area contributed by atoms with Crippen molar-refractivity contribution < 1.29 is 39.4 Å². The number of aliphatic hydroxyl groups is 4. The lowest BCUT2D eigenvalue weighted by molar-refractivity contribution is -0.294. The summed E-state index contributed by atoms with van der Waals surface area (Å²) in [6.45, 7) is 13.8. The van der Waals surface area contributed by atoms with Gasteiger partial charge < -0.3 is 44.4 Å². The van der Waals surface area contributed by atoms with Crippen LogP contribution in [0.25, 0.3) is 0 Å². The first-order chi connectivity index (χ1) is 30.9. The lowest BCUT2D eigenvalue weighted by Gasteiger charge is -2.45. The average molecular weight is 921 g/mol. The van der Waals surface area contributed by atoms with Crippen LogP contribution in [0, 0.1) is 11.8 Å². The predicted octanol–water partition coefficient (Wildman–Crippen LogP) is 6.86. The summed E-state index contributed by atoms with van der Waals surface area (Å²) in [5.41, 5.74) is -1.83. The molecule has 11 nitrogen and oxygen atoms in total. The molecule has 2 aliphatic heterocycles. The molecule has 0 aliphatic carbocycles. The first-order valence-electron chi connectivity index (χ1n) is 24.5. The molecular formula is C53H83N3O8P+. The summed E-state index contributed by atoms with van der Waals surface area (Å²) in [5, 5.41) is 50.2. The van der Waals surface area contributed by atoms with E-state index in [2.05, 4.69) is 86.6 Å². The van der Waals surface area contributed by atoms with Crippen molar-refractivity contribution in [3.05, 3.63) is 85.1 Å². The number of unbranched alkanes of at least 4 members (excludes halogenated alkanes) is 4. The summed E-state index contributed by atoms with van der Waals surface area (Å²) in [4.78, 5) is 23.0. The molecule has 1 aromatic heterocycles. The number of rotatable bonds is 15. The topological polar surface area (TPSA) is 145 Å². The SMILES string of the molecule is CC[C@H]1OC[C@H](C)C[C@H](C)[C@@H](O[C@@H]2O[C@H](C)C[C@H](N(C)C)[C@H]2O)[C@](C)(O)CCCN(C(=O)CCCCCCC[P+](c2ccccc2)(c2ccccc2)c2ccccn2)[C@H](C)[C@@H](O)[C@]1(C)O. The first-order valence-corrected chi connectivity index (χ1v) is 26.5. The molecule has 0 bridgehead atoms. The Kier molecular flexibility index (Phi) is 20.0. The van der Waals surface area contributed by atoms with Crippen LogP contribution in [0.4, 0.5) is 0 Å². The summed E-state index contributed by atoms with van der Waals surface area (Å²) in [6.07, 6.45) is 5.71. The minimum atomic E-state index is -2.01. The third-order valence-electron chi connectivity index (χ3n) is 14.3. The number of amides is 1. The van der Waals surface area contributed by atoms with Gasteiger partial charge in [-0.3, -0.25) is 4.79 Å². The lowest BCUT2D eigenvalue weighted by Crippen LogP contribution is -2.59. The van der Waals surface area contributed by atoms with Gasteiger partial charge in [0.05, 0.1) is 36.1 Å². The van der Waals surface area contributed by atoms with Crippen LogP contribution in [0.3, 0.4) is 0 Å². The Morgan fingerprint density at radius 1 is 0.877 bits per heavy atom. The van der Waals surface area contributed by atoms with E-state index in [1.54, 1.807) is 25.7 Å². The number of ether oxygens (including phenoxy) is 3. The molecule has 0 saturated carbocycles. The number of aliphatic hydroxyl groups excluding tert-OH is 2. The monoisotopic (exact) mass is 921 g/mol. The van der Waals surface area contributed by atoms with Crippen LogP contribution >= 0.6 is 7.26 Å². The van der Waals surface area contributed by atoms with Gasteiger partial charge >= 0.3 is 0 Å². The molecular weight excluding hydrogens is 838 g/mol. The number of pyridine rings is 1. The normalized spacial score (nSPS) is 32.4. The molecule has 5 rings (SSSR count). The van der Waals surface area contributed by atoms with Gasteiger partial charge in [0.15, 0.2) is 11.7 Å². The van der Waals surface area contributed by atoms with E-state index in [1.807, 2.05) is 45.1 Å². The second kappa shape index (κ2) is 24.5. The van der Waals surface area contributed by atoms with Crippen LogP contribution in [0.2, 0.25) is 0 Å². The zero-order valence-electron chi connectivity index (χ0n) is 41.0. The van der Waals surface area contributed by atoms with E-state index >= 15 is 0 Å². The van der Waals surface area contributed by atoms with E-state index in [9.17, 15) is 25.2 Å². The fraction of sp³-hybridized carbons (Fsp3) is 0.660. The van der Waals surface area contributed by atoms with Crippen molar-refractivity contribution in [2.75, 3.05) is 33.4 Å². The van der Waals surface area contributed by atoms with Crippen molar-refractivity contribution in [2.24, 2.45) is 11.8 Å². The molecule has 4 N–H and O–H groups in total. The Hall–Kier alpha value is -2.83. The zero-order chi connectivity index (χ0) is 47.4. The van der Waals surface area contributed by atoms with Gasteiger partial charge in [-0.15, -0.1) is 0 Å². The van der Waals surface area contributed by atoms with E-state index in [1.165, 1.54) is 10.6 Å². The van der Waals surface area contributed by atoms with Crippen molar-refractivity contribution in [1.29, 1.82) is 0 Å². The summed E-state index contributed by atoms with van der Waals surface area (Å²) in [7, 11) is 1.87. The van der Waals surface area contributed by atoms with E-state index in [-0.39, 0.29) is 36.4 Å². The Balaban J connectivity index is 1.28. The van der Waals surface area contributed by atoms with Crippen molar-refractivity contribution >= 4 is 29.2 Å². The van der Waals surface area contributed by atoms with Gasteiger partial charge in [0, 0.05) is 37.9 Å². The maximum absolute atomic E-state index is 14.3. The maximum atomic E-state index is 14.3. The number of aromatic nitrogens is 1. The van der Waals surface area contributed by atoms with Crippen molar-refractivity contribution in [1.82, 2.24) is 14.8 Å². The molecule has 0 radical (unpaired) electrons. The first kappa shape index (κ1) is 53.1. The highest BCUT2D eigenvalue weighted by molar-refractivity contribution is 7.95. The Labute approximate surface area is 391 Å². The molecule has 362 valence electrons. The second-order valence-electron chi connectivity index (χ2n) is 20.0. The van der Waals surface area contributed by atoms with Crippen molar-refractivity contribution in [3.63, 3.8) is 0 Å². The second-order valence-corrected chi connectivity index (χ2v) is 23.6. The molecule has 2 saturated heterocycles. The van der Waals surface area contributed by atoms with Crippen LogP contribution in [-0.2, 0) is 19.0 Å². The molecule has 3 heterocycles. The highest BCUT2D eigenvalue weighted by Gasteiger charge is 2.48. The molecule has 12 heteroatoms. The van der Waals surface area contributed by atoms with Gasteiger partial charge in [-0.25, -0.2) is 4.98 Å². The maximum Gasteiger partial charge on any atom is 0.222 e. The molecule has 2 fully saturated rings. The number of hydrogen-bond acceptors (Lipinski definition) is 10. The Bertz CT molecular complexity index is 1740. The third-order valence-corrected chi connectivity index (χ3v) is 18.7. The van der Waals surface area contributed by atoms with Gasteiger partial charge in [-0.2, -0.15) is 0 Å². The summed E-state index contributed by atoms with van der Waals surface area (Å²) >= 11 is 0. The van der Waals surface area contributed by atoms with Crippen LogP contribution in [0.5, 0.6) is 0 Å². The molecule has 1 amide bonds. The third kappa shape index (κ3) is 13.5. The quantitative estimate of drug-likeness (QED) is 0.0944. The summed E-state index contributed by atoms with van der Waals surface area (Å²) < 4.78 is 19.3. The number of nitrogens with zero attached hydrogens (tertiary/aromatic N) is 3. The molecule has 0 spiro atoms. The Morgan fingerprint density at radius 2 is 1.49 bits per heavy atom. The minimum absolute atomic E-state index is 0.0259. The van der Waals surface area contributed by atoms with Crippen molar-refractivity contribution in [3.8, 4) is 0 Å². The molecule has 65 heavy (non-hydrogen) atoms. The van der Waals surface area contributed by atoms with E-state index in [4.69, 9.17) is 19.2 Å². The zero-order valence-corrected chi connectivity index (χ0v) is 41.9. The smallest absolute Gasteiger partial charge is 0.222 e. The van der Waals surface area contributed by atoms with Gasteiger partial charge in [0.1, 0.15) is 35.7 Å². The summed E-state index contributed by atoms with van der Waals surface area (Å²) in [6, 6.07) is 27.0. The molecule has 2 aliphatic rings. The van der Waals surface area contributed by atoms with Crippen molar-refractivity contribution in [2.45, 2.75) is 179 Å². The highest BCUT2D eigenvalue weighted by atomic mass is 31.2. The van der Waals surface area contributed by atoms with E-state index in [0.29, 0.717) is 51.6 Å². The van der Waals surface area contributed by atoms with Crippen LogP contribution in [0.1, 0.15) is 119 Å². The molecule has 2 aromatic carbocycles. The minimum Gasteiger partial charge on any atom is -0.388 e. The highest BCUT2D eigenvalue weighted by Crippen LogP contribution is 2.55. The van der Waals surface area contributed by atoms with E-state index in [0.717, 1.165) is 37.3 Å². The summed E-state index contributed by atoms with van der Waals surface area (Å²) in [5.74, 6) is -0.221. The fourth-order valence-corrected chi connectivity index (χ4v) is 14.9. The predicted molar refractivity (Wildman–Crippen MR) is 263 cm³/mol. The molecule has 12 atom stereocenters. The number of carbonyl (C=O) groups excluding carboxylic acids is 1. The van der Waals surface area contributed by atoms with Gasteiger partial charge in [0.2, 0.25) is 5.91 Å². The van der Waals surface area contributed by atoms with Gasteiger partial charge in [-0.05, 0) is 135 Å². The number of hydrogen-bond donors (Lipinski definition) is 4. The fourth-order valence-electron chi connectivity index (χ4n) is 10.7. The van der Waals surface area contributed by atoms with Gasteiger partial charge in [0.25, 0.3) is 0 Å². The van der Waals surface area contributed by atoms with E-state index < -0.39 is 55.2 Å². The number of carbonyl (C=O) groups is 1. The van der Waals surface area contributed by atoms with Crippen LogP contribution < -0.4 is 16.0 Å². The number of likely N-dealkylation sites (N-methyl/N-ethyl adjacent to an activating group) is 1. The standard InChI is InChI=1S/C53H83N3O8P/c1-10-45-53(7,61)49(59)41(5)56(33-24-31-52(6,60)50(39(3)35-38(2)37-62-45)64-51-48(58)44(55(8)9)36-40(4)63-51)47(57)30-20-12-11-13-23-34-65(42-25-16-14-17-26-42,43-27-18-15-19-28-43)46-29-21-22-32-54-46/h14-19,21-22,25-29,32,38-41,44-45,48-51,58-61H,10-13,20,23-24,30-31,33-37H2,1-9H3/q+1/t38-,39+,40-,41-,44+,45-,48-,49-,50-,51+,52-,53-/m1/s1. The Morgan fingerprint density at radius 3 is 2.09 bits per heavy atom. The van der Waals surface area contributed by atoms with Crippen LogP contribution in [0.15, 0.2) is 85.1 Å².